The second kappa shape index (κ2) is 4.45. The Morgan fingerprint density at radius 2 is 1.75 bits per heavy atom. The molecule has 0 aromatic heterocycles. The molecule has 0 unspecified atom stereocenters. The summed E-state index contributed by atoms with van der Waals surface area (Å²) in [5, 5.41) is 13.3. The quantitative estimate of drug-likeness (QED) is 0.766. The van der Waals surface area contributed by atoms with Crippen molar-refractivity contribution >= 4 is 23.0 Å². The largest absolute Gasteiger partial charge is 0.506 e. The van der Waals surface area contributed by atoms with Crippen LogP contribution in [0.25, 0.3) is 0 Å². The minimum Gasteiger partial charge on any atom is -0.506 e. The Kier molecular flexibility index (Phi) is 3.02. The first kappa shape index (κ1) is 10.8. The van der Waals surface area contributed by atoms with Gasteiger partial charge in [-0.25, -0.2) is 0 Å². The van der Waals surface area contributed by atoms with Crippen LogP contribution in [-0.4, -0.2) is 5.11 Å². The number of hydrogen-bond acceptors (Lipinski definition) is 2. The first-order valence-corrected chi connectivity index (χ1v) is 5.35. The smallest absolute Gasteiger partial charge is 0.139 e. The van der Waals surface area contributed by atoms with Crippen molar-refractivity contribution in [1.82, 2.24) is 0 Å². The zero-order valence-electron chi connectivity index (χ0n) is 8.87. The van der Waals surface area contributed by atoms with Gasteiger partial charge < -0.3 is 10.4 Å². The lowest BCUT2D eigenvalue weighted by Gasteiger charge is -2.08. The lowest BCUT2D eigenvalue weighted by atomic mass is 10.2. The van der Waals surface area contributed by atoms with Crippen LogP contribution in [-0.2, 0) is 0 Å². The molecule has 0 aliphatic carbocycles. The molecule has 0 fully saturated rings. The normalized spacial score (nSPS) is 10.1. The highest BCUT2D eigenvalue weighted by Gasteiger charge is 2.01. The van der Waals surface area contributed by atoms with E-state index in [2.05, 4.69) is 5.32 Å². The van der Waals surface area contributed by atoms with Crippen molar-refractivity contribution < 1.29 is 5.11 Å². The standard InChI is InChI=1S/C13H12ClNO/c1-9-2-5-11(6-3-9)15-12-8-10(14)4-7-13(12)16/h2-8,15-16H,1H3. The van der Waals surface area contributed by atoms with Gasteiger partial charge >= 0.3 is 0 Å². The van der Waals surface area contributed by atoms with Gasteiger partial charge in [-0.3, -0.25) is 0 Å². The van der Waals surface area contributed by atoms with Gasteiger partial charge in [-0.2, -0.15) is 0 Å². The monoisotopic (exact) mass is 233 g/mol. The second-order valence-electron chi connectivity index (χ2n) is 3.65. The van der Waals surface area contributed by atoms with Crippen molar-refractivity contribution in [1.29, 1.82) is 0 Å². The molecule has 82 valence electrons. The third-order valence-corrected chi connectivity index (χ3v) is 2.52. The first-order chi connectivity index (χ1) is 7.65. The predicted molar refractivity (Wildman–Crippen MR) is 67.6 cm³/mol. The number of phenolic OH excluding ortho intramolecular Hbond substituents is 1. The molecule has 0 saturated heterocycles. The van der Waals surface area contributed by atoms with Gasteiger partial charge in [0.05, 0.1) is 5.69 Å². The van der Waals surface area contributed by atoms with E-state index in [0.717, 1.165) is 5.69 Å². The van der Waals surface area contributed by atoms with Gasteiger partial charge in [0.1, 0.15) is 5.75 Å². The number of aryl methyl sites for hydroxylation is 1. The Hall–Kier alpha value is -1.67. The predicted octanol–water partition coefficient (Wildman–Crippen LogP) is 4.10. The summed E-state index contributed by atoms with van der Waals surface area (Å²) in [6, 6.07) is 12.8. The molecule has 0 aliphatic rings. The molecule has 16 heavy (non-hydrogen) atoms. The molecule has 0 amide bonds. The van der Waals surface area contributed by atoms with E-state index in [1.807, 2.05) is 31.2 Å². The van der Waals surface area contributed by atoms with Gasteiger partial charge in [-0.1, -0.05) is 29.3 Å². The molecule has 0 saturated carbocycles. The number of anilines is 2. The van der Waals surface area contributed by atoms with Gasteiger partial charge in [0.25, 0.3) is 0 Å². The van der Waals surface area contributed by atoms with Gasteiger partial charge in [-0.15, -0.1) is 0 Å². The van der Waals surface area contributed by atoms with E-state index in [4.69, 9.17) is 11.6 Å². The van der Waals surface area contributed by atoms with E-state index in [9.17, 15) is 5.11 Å². The number of halogens is 1. The maximum atomic E-state index is 9.63. The van der Waals surface area contributed by atoms with Crippen LogP contribution < -0.4 is 5.32 Å². The van der Waals surface area contributed by atoms with E-state index < -0.39 is 0 Å². The molecule has 2 rings (SSSR count). The van der Waals surface area contributed by atoms with Crippen LogP contribution in [0.2, 0.25) is 5.02 Å². The number of rotatable bonds is 2. The average Bonchev–Trinajstić information content (AvgIpc) is 2.27. The number of benzene rings is 2. The minimum atomic E-state index is 0.185. The zero-order valence-corrected chi connectivity index (χ0v) is 9.62. The van der Waals surface area contributed by atoms with E-state index in [0.29, 0.717) is 10.7 Å². The fourth-order valence-corrected chi connectivity index (χ4v) is 1.57. The highest BCUT2D eigenvalue weighted by Crippen LogP contribution is 2.29. The lowest BCUT2D eigenvalue weighted by Crippen LogP contribution is -1.90. The van der Waals surface area contributed by atoms with Crippen LogP contribution in [0.15, 0.2) is 42.5 Å². The zero-order chi connectivity index (χ0) is 11.5. The minimum absolute atomic E-state index is 0.185. The lowest BCUT2D eigenvalue weighted by molar-refractivity contribution is 0.478. The van der Waals surface area contributed by atoms with Crippen LogP contribution in [0.3, 0.4) is 0 Å². The SMILES string of the molecule is Cc1ccc(Nc2cc(Cl)ccc2O)cc1. The summed E-state index contributed by atoms with van der Waals surface area (Å²) >= 11 is 5.86. The molecule has 0 radical (unpaired) electrons. The molecule has 2 N–H and O–H groups in total. The molecule has 2 nitrogen and oxygen atoms in total. The summed E-state index contributed by atoms with van der Waals surface area (Å²) in [5.74, 6) is 0.185. The fourth-order valence-electron chi connectivity index (χ4n) is 1.40. The van der Waals surface area contributed by atoms with E-state index in [1.54, 1.807) is 18.2 Å². The summed E-state index contributed by atoms with van der Waals surface area (Å²) in [6.45, 7) is 2.03. The molecule has 2 aromatic carbocycles. The van der Waals surface area contributed by atoms with Crippen molar-refractivity contribution in [3.63, 3.8) is 0 Å². The summed E-state index contributed by atoms with van der Waals surface area (Å²) < 4.78 is 0. The highest BCUT2D eigenvalue weighted by molar-refractivity contribution is 6.30. The van der Waals surface area contributed by atoms with E-state index in [-0.39, 0.29) is 5.75 Å². The molecule has 2 aromatic rings. The highest BCUT2D eigenvalue weighted by atomic mass is 35.5. The summed E-state index contributed by atoms with van der Waals surface area (Å²) in [6.07, 6.45) is 0. The Morgan fingerprint density at radius 3 is 2.44 bits per heavy atom. The van der Waals surface area contributed by atoms with Crippen molar-refractivity contribution in [2.45, 2.75) is 6.92 Å². The summed E-state index contributed by atoms with van der Waals surface area (Å²) in [7, 11) is 0. The van der Waals surface area contributed by atoms with Gasteiger partial charge in [0.2, 0.25) is 0 Å². The number of aromatic hydroxyl groups is 1. The van der Waals surface area contributed by atoms with Gasteiger partial charge in [0.15, 0.2) is 0 Å². The summed E-state index contributed by atoms with van der Waals surface area (Å²) in [5.41, 5.74) is 2.72. The second-order valence-corrected chi connectivity index (χ2v) is 4.09. The topological polar surface area (TPSA) is 32.3 Å². The third-order valence-electron chi connectivity index (χ3n) is 2.29. The molecule has 0 bridgehead atoms. The summed E-state index contributed by atoms with van der Waals surface area (Å²) in [4.78, 5) is 0. The third kappa shape index (κ3) is 2.47. The molecule has 3 heteroatoms. The number of nitrogens with one attached hydrogen (secondary N) is 1. The van der Waals surface area contributed by atoms with E-state index in [1.165, 1.54) is 5.56 Å². The number of phenols is 1. The molecule has 0 aliphatic heterocycles. The van der Waals surface area contributed by atoms with Crippen LogP contribution >= 0.6 is 11.6 Å². The van der Waals surface area contributed by atoms with Gasteiger partial charge in [0, 0.05) is 10.7 Å². The Morgan fingerprint density at radius 1 is 1.06 bits per heavy atom. The van der Waals surface area contributed by atoms with Crippen LogP contribution in [0.5, 0.6) is 5.75 Å². The molecule has 0 atom stereocenters. The Balaban J connectivity index is 2.26. The average molecular weight is 234 g/mol. The molecular formula is C13H12ClNO. The number of hydrogen-bond donors (Lipinski definition) is 2. The molecular weight excluding hydrogens is 222 g/mol. The first-order valence-electron chi connectivity index (χ1n) is 4.97. The van der Waals surface area contributed by atoms with Crippen molar-refractivity contribution in [3.05, 3.63) is 53.1 Å². The van der Waals surface area contributed by atoms with E-state index >= 15 is 0 Å². The Labute approximate surface area is 99.5 Å². The van der Waals surface area contributed by atoms with Gasteiger partial charge in [-0.05, 0) is 37.3 Å². The van der Waals surface area contributed by atoms with Crippen molar-refractivity contribution in [2.24, 2.45) is 0 Å². The maximum absolute atomic E-state index is 9.63. The Bertz CT molecular complexity index is 494. The molecule has 0 spiro atoms. The van der Waals surface area contributed by atoms with Crippen LogP contribution in [0.4, 0.5) is 11.4 Å². The van der Waals surface area contributed by atoms with Crippen molar-refractivity contribution in [3.8, 4) is 5.75 Å². The van der Waals surface area contributed by atoms with Crippen molar-refractivity contribution in [2.75, 3.05) is 5.32 Å². The van der Waals surface area contributed by atoms with Crippen LogP contribution in [0, 0.1) is 6.92 Å². The molecule has 0 heterocycles. The van der Waals surface area contributed by atoms with Crippen LogP contribution in [0.1, 0.15) is 5.56 Å². The maximum Gasteiger partial charge on any atom is 0.139 e. The fraction of sp³-hybridized carbons (Fsp3) is 0.0769.